The van der Waals surface area contributed by atoms with Gasteiger partial charge in [-0.1, -0.05) is 68.1 Å². The summed E-state index contributed by atoms with van der Waals surface area (Å²) in [6, 6.07) is 8.87. The van der Waals surface area contributed by atoms with E-state index in [0.717, 1.165) is 15.1 Å². The molecule has 0 aliphatic rings. The Hall–Kier alpha value is -0.870. The maximum Gasteiger partial charge on any atom is 0.174 e. The molecule has 2 aromatic rings. The van der Waals surface area contributed by atoms with Crippen LogP contribution < -0.4 is 0 Å². The fourth-order valence-corrected chi connectivity index (χ4v) is 3.35. The van der Waals surface area contributed by atoms with Crippen molar-refractivity contribution in [3.63, 3.8) is 0 Å². The average Bonchev–Trinajstić information content (AvgIpc) is 2.72. The van der Waals surface area contributed by atoms with E-state index in [2.05, 4.69) is 55.2 Å². The van der Waals surface area contributed by atoms with Gasteiger partial charge >= 0.3 is 0 Å². The number of nitrogens with zero attached hydrogens (tertiary/aromatic N) is 2. The van der Waals surface area contributed by atoms with Crippen LogP contribution in [0.25, 0.3) is 0 Å². The molecule has 2 nitrogen and oxygen atoms in total. The first kappa shape index (κ1) is 13.6. The minimum absolute atomic E-state index is 0.224. The summed E-state index contributed by atoms with van der Waals surface area (Å²) in [5.41, 5.74) is 2.94. The lowest BCUT2D eigenvalue weighted by Gasteiger charge is -2.19. The summed E-state index contributed by atoms with van der Waals surface area (Å²) in [5.74, 6) is 0.957. The molecule has 1 aromatic carbocycles. The highest BCUT2D eigenvalue weighted by Crippen LogP contribution is 2.27. The van der Waals surface area contributed by atoms with Gasteiger partial charge in [0, 0.05) is 5.75 Å². The Morgan fingerprint density at radius 2 is 1.78 bits per heavy atom. The highest BCUT2D eigenvalue weighted by Gasteiger charge is 2.12. The summed E-state index contributed by atoms with van der Waals surface area (Å²) in [6.07, 6.45) is 0. The molecule has 0 aliphatic carbocycles. The number of hydrogen-bond acceptors (Lipinski definition) is 4. The minimum atomic E-state index is 0.224. The average molecular weight is 278 g/mol. The van der Waals surface area contributed by atoms with Crippen LogP contribution in [0.4, 0.5) is 0 Å². The van der Waals surface area contributed by atoms with E-state index in [1.54, 1.807) is 23.1 Å². The molecule has 0 amide bonds. The lowest BCUT2D eigenvalue weighted by atomic mass is 9.87. The lowest BCUT2D eigenvalue weighted by molar-refractivity contribution is 0.590. The van der Waals surface area contributed by atoms with Crippen molar-refractivity contribution in [1.29, 1.82) is 0 Å². The number of rotatable bonds is 3. The molecule has 0 spiro atoms. The third kappa shape index (κ3) is 3.56. The molecule has 96 valence electrons. The molecule has 1 heterocycles. The van der Waals surface area contributed by atoms with Gasteiger partial charge in [0.1, 0.15) is 5.01 Å². The highest BCUT2D eigenvalue weighted by molar-refractivity contribution is 8.00. The first-order valence-corrected chi connectivity index (χ1v) is 7.78. The molecule has 1 aromatic heterocycles. The topological polar surface area (TPSA) is 25.8 Å². The quantitative estimate of drug-likeness (QED) is 0.776. The monoisotopic (exact) mass is 278 g/mol. The van der Waals surface area contributed by atoms with Gasteiger partial charge in [-0.25, -0.2) is 0 Å². The first-order valence-electron chi connectivity index (χ1n) is 5.97. The van der Waals surface area contributed by atoms with Gasteiger partial charge in [-0.15, -0.1) is 10.2 Å². The van der Waals surface area contributed by atoms with E-state index in [1.165, 1.54) is 11.1 Å². The second kappa shape index (κ2) is 5.41. The standard InChI is InChI=1S/C14H18N2S2/c1-10-15-16-13(18-10)17-9-11-5-7-12(8-6-11)14(2,3)4/h5-8H,9H2,1-4H3. The normalized spacial score (nSPS) is 11.8. The fourth-order valence-electron chi connectivity index (χ4n) is 1.58. The Kier molecular flexibility index (Phi) is 4.07. The first-order chi connectivity index (χ1) is 8.45. The van der Waals surface area contributed by atoms with Crippen LogP contribution in [-0.2, 0) is 11.2 Å². The summed E-state index contributed by atoms with van der Waals surface area (Å²) >= 11 is 3.41. The fraction of sp³-hybridized carbons (Fsp3) is 0.429. The Labute approximate surface area is 117 Å². The molecule has 0 atom stereocenters. The predicted octanol–water partition coefficient (Wildman–Crippen LogP) is 4.44. The Bertz CT molecular complexity index is 509. The molecule has 0 fully saturated rings. The van der Waals surface area contributed by atoms with Crippen molar-refractivity contribution in [3.05, 3.63) is 40.4 Å². The summed E-state index contributed by atoms with van der Waals surface area (Å²) < 4.78 is 1.05. The van der Waals surface area contributed by atoms with Crippen LogP contribution in [0.5, 0.6) is 0 Å². The van der Waals surface area contributed by atoms with Crippen LogP contribution in [0.2, 0.25) is 0 Å². The number of benzene rings is 1. The zero-order valence-corrected chi connectivity index (χ0v) is 12.9. The van der Waals surface area contributed by atoms with Gasteiger partial charge in [-0.3, -0.25) is 0 Å². The van der Waals surface area contributed by atoms with Crippen LogP contribution in [0.15, 0.2) is 28.6 Å². The Morgan fingerprint density at radius 1 is 1.11 bits per heavy atom. The number of aromatic nitrogens is 2. The van der Waals surface area contributed by atoms with E-state index in [-0.39, 0.29) is 5.41 Å². The molecule has 2 rings (SSSR count). The largest absolute Gasteiger partial charge is 0.174 e. The van der Waals surface area contributed by atoms with Crippen molar-refractivity contribution in [2.45, 2.75) is 43.2 Å². The van der Waals surface area contributed by atoms with Crippen LogP contribution >= 0.6 is 23.1 Å². The third-order valence-electron chi connectivity index (χ3n) is 2.69. The molecular weight excluding hydrogens is 260 g/mol. The summed E-state index contributed by atoms with van der Waals surface area (Å²) in [4.78, 5) is 0. The van der Waals surface area contributed by atoms with Gasteiger partial charge < -0.3 is 0 Å². The van der Waals surface area contributed by atoms with E-state index < -0.39 is 0 Å². The van der Waals surface area contributed by atoms with Gasteiger partial charge in [-0.05, 0) is 23.5 Å². The smallest absolute Gasteiger partial charge is 0.143 e. The van der Waals surface area contributed by atoms with Crippen LogP contribution in [0, 0.1) is 6.92 Å². The van der Waals surface area contributed by atoms with Gasteiger partial charge in [0.2, 0.25) is 0 Å². The molecular formula is C14H18N2S2. The van der Waals surface area contributed by atoms with E-state index in [1.807, 2.05) is 6.92 Å². The zero-order chi connectivity index (χ0) is 13.2. The molecule has 0 unspecified atom stereocenters. The van der Waals surface area contributed by atoms with Crippen molar-refractivity contribution >= 4 is 23.1 Å². The second-order valence-electron chi connectivity index (χ2n) is 5.32. The Morgan fingerprint density at radius 3 is 2.28 bits per heavy atom. The highest BCUT2D eigenvalue weighted by atomic mass is 32.2. The van der Waals surface area contributed by atoms with Gasteiger partial charge in [0.05, 0.1) is 0 Å². The SMILES string of the molecule is Cc1nnc(SCc2ccc(C(C)(C)C)cc2)s1. The maximum atomic E-state index is 4.12. The van der Waals surface area contributed by atoms with E-state index in [9.17, 15) is 0 Å². The molecule has 0 radical (unpaired) electrons. The van der Waals surface area contributed by atoms with Gasteiger partial charge in [-0.2, -0.15) is 0 Å². The number of thioether (sulfide) groups is 1. The molecule has 0 saturated carbocycles. The van der Waals surface area contributed by atoms with Gasteiger partial charge in [0.25, 0.3) is 0 Å². The molecule has 0 saturated heterocycles. The lowest BCUT2D eigenvalue weighted by Crippen LogP contribution is -2.10. The van der Waals surface area contributed by atoms with Crippen molar-refractivity contribution in [2.75, 3.05) is 0 Å². The zero-order valence-electron chi connectivity index (χ0n) is 11.2. The Balaban J connectivity index is 1.98. The summed E-state index contributed by atoms with van der Waals surface area (Å²) in [6.45, 7) is 8.70. The molecule has 0 bridgehead atoms. The minimum Gasteiger partial charge on any atom is -0.143 e. The van der Waals surface area contributed by atoms with E-state index in [0.29, 0.717) is 0 Å². The van der Waals surface area contributed by atoms with Crippen molar-refractivity contribution < 1.29 is 0 Å². The van der Waals surface area contributed by atoms with Crippen LogP contribution in [0.3, 0.4) is 0 Å². The van der Waals surface area contributed by atoms with Gasteiger partial charge in [0.15, 0.2) is 4.34 Å². The molecule has 0 aliphatic heterocycles. The molecule has 18 heavy (non-hydrogen) atoms. The molecule has 0 N–H and O–H groups in total. The maximum absolute atomic E-state index is 4.12. The van der Waals surface area contributed by atoms with Crippen molar-refractivity contribution in [1.82, 2.24) is 10.2 Å². The number of hydrogen-bond donors (Lipinski definition) is 0. The number of aryl methyl sites for hydroxylation is 1. The predicted molar refractivity (Wildman–Crippen MR) is 79.3 cm³/mol. The van der Waals surface area contributed by atoms with Crippen molar-refractivity contribution in [2.24, 2.45) is 0 Å². The van der Waals surface area contributed by atoms with Crippen molar-refractivity contribution in [3.8, 4) is 0 Å². The van der Waals surface area contributed by atoms with E-state index in [4.69, 9.17) is 0 Å². The summed E-state index contributed by atoms with van der Waals surface area (Å²) in [7, 11) is 0. The van der Waals surface area contributed by atoms with Crippen LogP contribution in [0.1, 0.15) is 36.9 Å². The summed E-state index contributed by atoms with van der Waals surface area (Å²) in [5, 5.41) is 9.17. The van der Waals surface area contributed by atoms with E-state index >= 15 is 0 Å². The van der Waals surface area contributed by atoms with Crippen LogP contribution in [-0.4, -0.2) is 10.2 Å². The third-order valence-corrected chi connectivity index (χ3v) is 4.73. The second-order valence-corrected chi connectivity index (χ2v) is 7.73. The molecule has 4 heteroatoms.